The standard InChI is InChI=1S/C29H25FN4O/c1-20-32-27-14-15-33(18-24-13-12-21(17-31)16-26(24)30)19-25(27)29(35)34(20)28(22-8-4-2-5-9-22)23-10-6-3-7-11-23/h2-13,16,28H,14-15,18-19H2,1H3. The second-order valence-corrected chi connectivity index (χ2v) is 8.86. The van der Waals surface area contributed by atoms with Gasteiger partial charge >= 0.3 is 0 Å². The van der Waals surface area contributed by atoms with Crippen LogP contribution < -0.4 is 5.56 Å². The molecule has 1 aliphatic rings. The molecule has 0 saturated carbocycles. The lowest BCUT2D eigenvalue weighted by molar-refractivity contribution is 0.237. The van der Waals surface area contributed by atoms with Gasteiger partial charge in [-0.1, -0.05) is 66.7 Å². The van der Waals surface area contributed by atoms with Crippen LogP contribution >= 0.6 is 0 Å². The summed E-state index contributed by atoms with van der Waals surface area (Å²) < 4.78 is 16.3. The summed E-state index contributed by atoms with van der Waals surface area (Å²) in [5.74, 6) is 0.278. The zero-order chi connectivity index (χ0) is 24.4. The first-order valence-electron chi connectivity index (χ1n) is 11.7. The van der Waals surface area contributed by atoms with Gasteiger partial charge in [-0.2, -0.15) is 5.26 Å². The molecule has 35 heavy (non-hydrogen) atoms. The van der Waals surface area contributed by atoms with Crippen molar-refractivity contribution in [3.63, 3.8) is 0 Å². The van der Waals surface area contributed by atoms with Crippen molar-refractivity contribution in [1.82, 2.24) is 14.5 Å². The molecule has 0 fully saturated rings. The Bertz CT molecular complexity index is 1420. The molecule has 0 aliphatic carbocycles. The Balaban J connectivity index is 1.54. The maximum atomic E-state index is 14.5. The Morgan fingerprint density at radius 1 is 1.03 bits per heavy atom. The Labute approximate surface area is 203 Å². The number of fused-ring (bicyclic) bond motifs is 1. The van der Waals surface area contributed by atoms with Crippen LogP contribution in [-0.2, 0) is 19.5 Å². The van der Waals surface area contributed by atoms with E-state index in [0.29, 0.717) is 48.6 Å². The van der Waals surface area contributed by atoms with Crippen LogP contribution in [0.2, 0.25) is 0 Å². The van der Waals surface area contributed by atoms with Crippen LogP contribution in [0.25, 0.3) is 0 Å². The summed E-state index contributed by atoms with van der Waals surface area (Å²) in [6, 6.07) is 26.2. The average molecular weight is 465 g/mol. The van der Waals surface area contributed by atoms with E-state index < -0.39 is 5.82 Å². The lowest BCUT2D eigenvalue weighted by atomic mass is 9.97. The van der Waals surface area contributed by atoms with Crippen LogP contribution in [0.5, 0.6) is 0 Å². The molecule has 0 N–H and O–H groups in total. The summed E-state index contributed by atoms with van der Waals surface area (Å²) in [6.07, 6.45) is 0.630. The topological polar surface area (TPSA) is 61.9 Å². The molecule has 6 heteroatoms. The fourth-order valence-corrected chi connectivity index (χ4v) is 4.85. The SMILES string of the molecule is Cc1nc2c(c(=O)n1C(c1ccccc1)c1ccccc1)CN(Cc1ccc(C#N)cc1F)CC2. The van der Waals surface area contributed by atoms with Crippen LogP contribution in [0.15, 0.2) is 83.7 Å². The molecule has 5 nitrogen and oxygen atoms in total. The third-order valence-corrected chi connectivity index (χ3v) is 6.58. The summed E-state index contributed by atoms with van der Waals surface area (Å²) in [5.41, 5.74) is 4.25. The van der Waals surface area contributed by atoms with Crippen molar-refractivity contribution in [3.05, 3.63) is 134 Å². The largest absolute Gasteiger partial charge is 0.294 e. The Kier molecular flexibility index (Phi) is 6.26. The maximum absolute atomic E-state index is 14.5. The van der Waals surface area contributed by atoms with Gasteiger partial charge < -0.3 is 0 Å². The average Bonchev–Trinajstić information content (AvgIpc) is 2.89. The molecule has 0 radical (unpaired) electrons. The molecular formula is C29H25FN4O. The van der Waals surface area contributed by atoms with E-state index in [0.717, 1.165) is 16.8 Å². The molecule has 4 aromatic rings. The third kappa shape index (κ3) is 4.51. The minimum Gasteiger partial charge on any atom is -0.294 e. The number of hydrogen-bond donors (Lipinski definition) is 0. The van der Waals surface area contributed by atoms with E-state index in [2.05, 4.69) is 4.90 Å². The lowest BCUT2D eigenvalue weighted by Crippen LogP contribution is -2.40. The van der Waals surface area contributed by atoms with Crippen LogP contribution in [0.1, 0.15) is 45.4 Å². The van der Waals surface area contributed by atoms with Crippen molar-refractivity contribution in [2.45, 2.75) is 32.5 Å². The zero-order valence-electron chi connectivity index (χ0n) is 19.5. The number of aromatic nitrogens is 2. The van der Waals surface area contributed by atoms with E-state index in [1.54, 1.807) is 16.7 Å². The minimum atomic E-state index is -0.400. The van der Waals surface area contributed by atoms with E-state index in [1.807, 2.05) is 73.7 Å². The van der Waals surface area contributed by atoms with Crippen LogP contribution in [-0.4, -0.2) is 21.0 Å². The van der Waals surface area contributed by atoms with Crippen molar-refractivity contribution in [2.24, 2.45) is 0 Å². The number of hydrogen-bond acceptors (Lipinski definition) is 4. The van der Waals surface area contributed by atoms with Crippen molar-refractivity contribution < 1.29 is 4.39 Å². The van der Waals surface area contributed by atoms with Gasteiger partial charge in [-0.3, -0.25) is 14.3 Å². The molecular weight excluding hydrogens is 439 g/mol. The van der Waals surface area contributed by atoms with Gasteiger partial charge in [0.1, 0.15) is 11.6 Å². The summed E-state index contributed by atoms with van der Waals surface area (Å²) in [7, 11) is 0. The van der Waals surface area contributed by atoms with Crippen LogP contribution in [0.3, 0.4) is 0 Å². The molecule has 2 heterocycles. The van der Waals surface area contributed by atoms with Crippen molar-refractivity contribution >= 4 is 0 Å². The Hall–Kier alpha value is -4.08. The van der Waals surface area contributed by atoms with Crippen molar-refractivity contribution in [1.29, 1.82) is 5.26 Å². The summed E-state index contributed by atoms with van der Waals surface area (Å²) >= 11 is 0. The van der Waals surface area contributed by atoms with E-state index in [4.69, 9.17) is 10.2 Å². The Morgan fingerprint density at radius 2 is 1.69 bits per heavy atom. The first kappa shape index (κ1) is 22.7. The molecule has 1 aliphatic heterocycles. The molecule has 0 amide bonds. The number of nitriles is 1. The molecule has 3 aromatic carbocycles. The van der Waals surface area contributed by atoms with Gasteiger partial charge in [0, 0.05) is 31.6 Å². The van der Waals surface area contributed by atoms with Gasteiger partial charge in [0.25, 0.3) is 5.56 Å². The number of benzene rings is 3. The quantitative estimate of drug-likeness (QED) is 0.427. The third-order valence-electron chi connectivity index (χ3n) is 6.58. The van der Waals surface area contributed by atoms with Gasteiger partial charge in [-0.15, -0.1) is 0 Å². The minimum absolute atomic E-state index is 0.0600. The predicted molar refractivity (Wildman–Crippen MR) is 132 cm³/mol. The molecule has 0 saturated heterocycles. The highest BCUT2D eigenvalue weighted by atomic mass is 19.1. The normalized spacial score (nSPS) is 13.4. The first-order valence-corrected chi connectivity index (χ1v) is 11.7. The van der Waals surface area contributed by atoms with E-state index >= 15 is 0 Å². The van der Waals surface area contributed by atoms with Crippen molar-refractivity contribution in [3.8, 4) is 6.07 Å². The van der Waals surface area contributed by atoms with Gasteiger partial charge in [0.05, 0.1) is 28.9 Å². The van der Waals surface area contributed by atoms with Crippen LogP contribution in [0.4, 0.5) is 4.39 Å². The Morgan fingerprint density at radius 3 is 2.29 bits per heavy atom. The fraction of sp³-hybridized carbons (Fsp3) is 0.207. The highest BCUT2D eigenvalue weighted by Gasteiger charge is 2.27. The first-order chi connectivity index (χ1) is 17.0. The fourth-order valence-electron chi connectivity index (χ4n) is 4.85. The molecule has 0 unspecified atom stereocenters. The van der Waals surface area contributed by atoms with E-state index in [1.165, 1.54) is 6.07 Å². The van der Waals surface area contributed by atoms with Gasteiger partial charge in [-0.25, -0.2) is 9.37 Å². The molecule has 0 bridgehead atoms. The number of halogens is 1. The lowest BCUT2D eigenvalue weighted by Gasteiger charge is -2.30. The molecule has 0 spiro atoms. The number of rotatable bonds is 5. The van der Waals surface area contributed by atoms with E-state index in [-0.39, 0.29) is 11.6 Å². The molecule has 1 aromatic heterocycles. The van der Waals surface area contributed by atoms with E-state index in [9.17, 15) is 9.18 Å². The molecule has 0 atom stereocenters. The summed E-state index contributed by atoms with van der Waals surface area (Å²) in [6.45, 7) is 3.34. The smallest absolute Gasteiger partial charge is 0.259 e. The number of nitrogens with zero attached hydrogens (tertiary/aromatic N) is 4. The second kappa shape index (κ2) is 9.65. The van der Waals surface area contributed by atoms with Gasteiger partial charge in [0.2, 0.25) is 0 Å². The molecule has 174 valence electrons. The monoisotopic (exact) mass is 464 g/mol. The number of aryl methyl sites for hydroxylation is 1. The van der Waals surface area contributed by atoms with Gasteiger partial charge in [-0.05, 0) is 30.2 Å². The second-order valence-electron chi connectivity index (χ2n) is 8.86. The molecule has 5 rings (SSSR count). The zero-order valence-corrected chi connectivity index (χ0v) is 19.5. The predicted octanol–water partition coefficient (Wildman–Crippen LogP) is 4.76. The van der Waals surface area contributed by atoms with Gasteiger partial charge in [0.15, 0.2) is 0 Å². The summed E-state index contributed by atoms with van der Waals surface area (Å²) in [4.78, 5) is 20.9. The highest BCUT2D eigenvalue weighted by molar-refractivity contribution is 5.35. The van der Waals surface area contributed by atoms with Crippen molar-refractivity contribution in [2.75, 3.05) is 6.54 Å². The summed E-state index contributed by atoms with van der Waals surface area (Å²) in [5, 5.41) is 9.00. The van der Waals surface area contributed by atoms with Crippen LogP contribution in [0, 0.1) is 24.1 Å². The maximum Gasteiger partial charge on any atom is 0.259 e. The highest BCUT2D eigenvalue weighted by Crippen LogP contribution is 2.28.